The van der Waals surface area contributed by atoms with Crippen LogP contribution < -0.4 is 11.1 Å². The molecule has 2 unspecified atom stereocenters. The molecule has 314 valence electrons. The highest BCUT2D eigenvalue weighted by molar-refractivity contribution is 5.94. The molecule has 1 rings (SSSR count). The van der Waals surface area contributed by atoms with E-state index >= 15 is 0 Å². The minimum absolute atomic E-state index is 0. The van der Waals surface area contributed by atoms with E-state index in [4.69, 9.17) is 15.2 Å². The molecule has 0 aromatic rings. The number of carbonyl (C=O) groups excluding carboxylic acids is 1. The molecule has 0 aromatic carbocycles. The van der Waals surface area contributed by atoms with Crippen LogP contribution in [0.15, 0.2) is 50.6 Å². The maximum atomic E-state index is 12.8. The second-order valence-electron chi connectivity index (χ2n) is 11.1. The third-order valence-electron chi connectivity index (χ3n) is 7.43. The number of rotatable bonds is 15. The first-order valence-electron chi connectivity index (χ1n) is 17.2. The molecular formula is C49H90N2O3. The van der Waals surface area contributed by atoms with Crippen molar-refractivity contribution in [3.05, 3.63) is 50.6 Å². The van der Waals surface area contributed by atoms with Crippen molar-refractivity contribution < 1.29 is 48.5 Å². The lowest BCUT2D eigenvalue weighted by atomic mass is 9.75. The molecule has 1 fully saturated rings. The molecule has 0 spiro atoms. The summed E-state index contributed by atoms with van der Waals surface area (Å²) in [7, 11) is 0. The lowest BCUT2D eigenvalue weighted by Crippen LogP contribution is -2.52. The normalized spacial score (nSPS) is 17.4. The Labute approximate surface area is 359 Å². The number of allylic oxidation sites excluding steroid dienone is 1. The molecule has 5 heteroatoms. The predicted molar refractivity (Wildman–Crippen MR) is 269 cm³/mol. The lowest BCUT2D eigenvalue weighted by Gasteiger charge is -2.44. The van der Waals surface area contributed by atoms with Crippen molar-refractivity contribution in [3.8, 4) is 142 Å². The van der Waals surface area contributed by atoms with Gasteiger partial charge in [-0.1, -0.05) is 62.8 Å². The molecule has 54 heavy (non-hydrogen) atoms. The third kappa shape index (κ3) is 20.0. The van der Waals surface area contributed by atoms with Gasteiger partial charge in [-0.15, -0.1) is 26.3 Å². The maximum Gasteiger partial charge on any atom is 0.297 e. The minimum Gasteiger partial charge on any atom is -0.350 e. The van der Waals surface area contributed by atoms with E-state index in [0.29, 0.717) is 12.8 Å². The molecule has 7 atom stereocenters. The smallest absolute Gasteiger partial charge is 0.297 e. The van der Waals surface area contributed by atoms with Gasteiger partial charge in [0.05, 0.1) is 18.8 Å². The summed E-state index contributed by atoms with van der Waals surface area (Å²) in [5.41, 5.74) is 6.57. The van der Waals surface area contributed by atoms with E-state index in [2.05, 4.69) is 181 Å². The van der Waals surface area contributed by atoms with Gasteiger partial charge >= 0.3 is 0 Å². The van der Waals surface area contributed by atoms with E-state index in [9.17, 15) is 4.79 Å². The van der Waals surface area contributed by atoms with E-state index in [-0.39, 0.29) is 70.7 Å². The van der Waals surface area contributed by atoms with Crippen LogP contribution in [0.3, 0.4) is 0 Å². The number of carbonyl (C=O) groups is 1. The van der Waals surface area contributed by atoms with Crippen molar-refractivity contribution in [1.29, 1.82) is 0 Å². The SMILES string of the molecule is C=CCC1O[C@H](OC[C@H](NC(=O)C#CC#CC#CC#CC#CC#CC#CC#CC#CC#CC#CC#CC)[C@H](N)CCCCCC)[C@@H](C=C)C(C=C)[C@H]1C=C.[HH].[HH].[HH].[HH].[HH].[HH].[HH].[HH].[HH].[HH].[HH].[HH].[HH].[HH].[HH].[HH].[HH].[HH].[HH].[HH].[HH].[HH].[HH].[HH]. The molecule has 1 aliphatic heterocycles. The van der Waals surface area contributed by atoms with Gasteiger partial charge in [-0.3, -0.25) is 4.79 Å². The molecular weight excluding hydrogens is 665 g/mol. The number of unbranched alkanes of at least 4 members (excludes halogenated alkanes) is 3. The minimum atomic E-state index is -0.619. The highest BCUT2D eigenvalue weighted by Crippen LogP contribution is 2.39. The molecule has 3 N–H and O–H groups in total. The molecule has 1 amide bonds. The van der Waals surface area contributed by atoms with Crippen molar-refractivity contribution in [3.63, 3.8) is 0 Å². The molecule has 1 heterocycles. The number of hydrogen-bond acceptors (Lipinski definition) is 4. The molecule has 0 aliphatic carbocycles. The Morgan fingerprint density at radius 1 is 0.704 bits per heavy atom. The summed E-state index contributed by atoms with van der Waals surface area (Å²) in [4.78, 5) is 12.8. The Kier molecular flexibility index (Phi) is 25.7. The van der Waals surface area contributed by atoms with Crippen molar-refractivity contribution in [2.75, 3.05) is 6.61 Å². The van der Waals surface area contributed by atoms with Gasteiger partial charge in [-0.2, -0.15) is 0 Å². The largest absolute Gasteiger partial charge is 0.350 e. The Balaban J connectivity index is -0.0000000552. The maximum absolute atomic E-state index is 12.8. The summed E-state index contributed by atoms with van der Waals surface area (Å²) in [6.45, 7) is 19.9. The Hall–Kier alpha value is -6.97. The predicted octanol–water partition coefficient (Wildman–Crippen LogP) is 10.5. The van der Waals surface area contributed by atoms with Crippen LogP contribution in [-0.2, 0) is 14.3 Å². The average Bonchev–Trinajstić information content (AvgIpc) is 3.17. The van der Waals surface area contributed by atoms with Crippen LogP contribution in [0.4, 0.5) is 0 Å². The van der Waals surface area contributed by atoms with Gasteiger partial charge in [0, 0.05) is 93.6 Å². The van der Waals surface area contributed by atoms with E-state index in [1.54, 1.807) is 6.92 Å². The van der Waals surface area contributed by atoms with Gasteiger partial charge in [0.2, 0.25) is 0 Å². The zero-order valence-electron chi connectivity index (χ0n) is 30.9. The second kappa shape index (κ2) is 30.8. The summed E-state index contributed by atoms with van der Waals surface area (Å²) in [6.07, 6.45) is 12.1. The monoisotopic (exact) mass is 755 g/mol. The van der Waals surface area contributed by atoms with Crippen molar-refractivity contribution in [2.45, 2.75) is 76.9 Å². The fraction of sp³-hybridized carbons (Fsp3) is 0.327. The first-order valence-corrected chi connectivity index (χ1v) is 17.2. The molecule has 1 saturated heterocycles. The zero-order valence-corrected chi connectivity index (χ0v) is 30.9. The zero-order chi connectivity index (χ0) is 39.5. The van der Waals surface area contributed by atoms with Crippen LogP contribution in [0.25, 0.3) is 0 Å². The topological polar surface area (TPSA) is 73.6 Å². The first-order chi connectivity index (χ1) is 26.5. The Bertz CT molecular complexity index is 2210. The van der Waals surface area contributed by atoms with Gasteiger partial charge in [0.1, 0.15) is 0 Å². The quantitative estimate of drug-likeness (QED) is 0.0992. The van der Waals surface area contributed by atoms with Crippen LogP contribution in [0.5, 0.6) is 0 Å². The van der Waals surface area contributed by atoms with E-state index < -0.39 is 18.2 Å². The highest BCUT2D eigenvalue weighted by Gasteiger charge is 2.42. The molecule has 0 bridgehead atoms. The molecule has 0 radical (unpaired) electrons. The number of nitrogens with one attached hydrogen (secondary N) is 1. The number of nitrogens with two attached hydrogens (primary N) is 1. The summed E-state index contributed by atoms with van der Waals surface area (Å²) >= 11 is 0. The summed E-state index contributed by atoms with van der Waals surface area (Å²) in [5, 5.41) is 2.90. The molecule has 1 aliphatic rings. The van der Waals surface area contributed by atoms with Crippen LogP contribution in [0.1, 0.15) is 86.6 Å². The van der Waals surface area contributed by atoms with Crippen LogP contribution in [0, 0.1) is 160 Å². The summed E-state index contributed by atoms with van der Waals surface area (Å²) in [6, 6.07) is -0.877. The first kappa shape index (κ1) is 45.1. The van der Waals surface area contributed by atoms with Gasteiger partial charge < -0.3 is 20.5 Å². The van der Waals surface area contributed by atoms with Crippen molar-refractivity contribution in [2.24, 2.45) is 23.5 Å². The van der Waals surface area contributed by atoms with Crippen molar-refractivity contribution >= 4 is 5.91 Å². The van der Waals surface area contributed by atoms with Gasteiger partial charge in [-0.05, 0) is 120 Å². The van der Waals surface area contributed by atoms with E-state index in [1.165, 1.54) is 0 Å². The Morgan fingerprint density at radius 3 is 1.59 bits per heavy atom. The standard InChI is InChI=1S/C49H42N2O3.24H2/c1-7-13-15-17-18-19-20-21-22-23-24-25-26-27-28-29-30-31-32-33-34-35-37-40-48(52)51-46(45(50)39-36-16-14-8-2)41-53-49-44(12-6)42(10-4)43(11-5)47(54-49)38-9-3;;;;;;;;;;;;;;;;;;;;;;;;/h9-12,42-47,49H,3-6,8,14,16,36,38-39,41,50H2,1-2H3,(H,51,52);24*1H/t42?,43-,44+,45-,46+,47?,49+;;;;;;;;;;;;;;;;;;;;;;;;/m1......................../s1. The summed E-state index contributed by atoms with van der Waals surface area (Å²) < 4.78 is 12.7. The van der Waals surface area contributed by atoms with Gasteiger partial charge in [0.15, 0.2) is 6.29 Å². The third-order valence-corrected chi connectivity index (χ3v) is 7.43. The summed E-state index contributed by atoms with van der Waals surface area (Å²) in [5.74, 6) is 60.0. The Morgan fingerprint density at radius 2 is 1.17 bits per heavy atom. The highest BCUT2D eigenvalue weighted by atomic mass is 16.7. The van der Waals surface area contributed by atoms with Crippen LogP contribution in [-0.4, -0.2) is 37.0 Å². The number of ether oxygens (including phenoxy) is 2. The fourth-order valence-corrected chi connectivity index (χ4v) is 4.92. The molecule has 0 aromatic heterocycles. The van der Waals surface area contributed by atoms with Crippen molar-refractivity contribution in [1.82, 2.24) is 5.32 Å². The number of hydrogen-bond donors (Lipinski definition) is 2. The van der Waals surface area contributed by atoms with Crippen LogP contribution in [0.2, 0.25) is 0 Å². The van der Waals surface area contributed by atoms with Gasteiger partial charge in [-0.25, -0.2) is 0 Å². The number of amides is 1. The second-order valence-corrected chi connectivity index (χ2v) is 11.1. The molecule has 5 nitrogen and oxygen atoms in total. The average molecular weight is 755 g/mol. The van der Waals surface area contributed by atoms with Gasteiger partial charge in [0.25, 0.3) is 5.91 Å². The van der Waals surface area contributed by atoms with Crippen LogP contribution >= 0.6 is 0 Å². The van der Waals surface area contributed by atoms with E-state index in [1.807, 2.05) is 24.3 Å². The van der Waals surface area contributed by atoms with E-state index in [0.717, 1.165) is 25.7 Å². The fourth-order valence-electron chi connectivity index (χ4n) is 4.92. The molecule has 0 saturated carbocycles. The lowest BCUT2D eigenvalue weighted by molar-refractivity contribution is -0.235.